The van der Waals surface area contributed by atoms with E-state index in [1.54, 1.807) is 4.90 Å². The molecule has 1 aromatic rings. The fourth-order valence-corrected chi connectivity index (χ4v) is 5.61. The highest BCUT2D eigenvalue weighted by Gasteiger charge is 2.61. The van der Waals surface area contributed by atoms with Crippen molar-refractivity contribution in [1.29, 1.82) is 0 Å². The summed E-state index contributed by atoms with van der Waals surface area (Å²) in [5, 5.41) is 11.1. The van der Waals surface area contributed by atoms with Crippen molar-refractivity contribution in [3.8, 4) is 0 Å². The van der Waals surface area contributed by atoms with Gasteiger partial charge < -0.3 is 9.32 Å². The molecule has 1 aromatic heterocycles. The Morgan fingerprint density at radius 1 is 1.10 bits per heavy atom. The molecular weight excluding hydrogens is 390 g/mol. The summed E-state index contributed by atoms with van der Waals surface area (Å²) in [6.07, 6.45) is 7.61. The molecule has 2 aliphatic heterocycles. The molecule has 3 fully saturated rings. The molecule has 0 N–H and O–H groups in total. The number of imide groups is 1. The van der Waals surface area contributed by atoms with Crippen LogP contribution in [0.2, 0.25) is 0 Å². The minimum absolute atomic E-state index is 0.0471. The van der Waals surface area contributed by atoms with Gasteiger partial charge in [-0.15, -0.1) is 0 Å². The third-order valence-corrected chi connectivity index (χ3v) is 7.01. The number of fused-ring (bicyclic) bond motifs is 5. The fraction of sp³-hybridized carbons (Fsp3) is 0.571. The van der Waals surface area contributed by atoms with Crippen molar-refractivity contribution >= 4 is 23.6 Å². The summed E-state index contributed by atoms with van der Waals surface area (Å²) in [6, 6.07) is 1.64. The molecule has 4 aliphatic rings. The Bertz CT molecular complexity index is 916. The largest absolute Gasteiger partial charge is 0.433 e. The third-order valence-electron chi connectivity index (χ3n) is 7.01. The molecule has 2 aliphatic carbocycles. The van der Waals surface area contributed by atoms with Crippen molar-refractivity contribution in [2.24, 2.45) is 23.7 Å². The van der Waals surface area contributed by atoms with E-state index in [1.807, 2.05) is 12.2 Å². The monoisotopic (exact) mass is 413 g/mol. The number of nitro groups is 1. The maximum absolute atomic E-state index is 13.3. The first kappa shape index (κ1) is 19.0. The lowest BCUT2D eigenvalue weighted by Gasteiger charge is -2.31. The number of furan rings is 1. The predicted molar refractivity (Wildman–Crippen MR) is 103 cm³/mol. The van der Waals surface area contributed by atoms with Gasteiger partial charge in [0.25, 0.3) is 0 Å². The molecule has 0 aromatic carbocycles. The van der Waals surface area contributed by atoms with Crippen molar-refractivity contribution in [3.63, 3.8) is 0 Å². The van der Waals surface area contributed by atoms with Gasteiger partial charge in [-0.1, -0.05) is 12.2 Å². The van der Waals surface area contributed by atoms with Crippen LogP contribution in [0.25, 0.3) is 0 Å². The molecule has 2 saturated heterocycles. The van der Waals surface area contributed by atoms with Crippen LogP contribution in [0.5, 0.6) is 0 Å². The zero-order valence-corrected chi connectivity index (χ0v) is 16.4. The molecule has 2 bridgehead atoms. The molecule has 3 heterocycles. The summed E-state index contributed by atoms with van der Waals surface area (Å²) in [5.74, 6) is -1.82. The molecule has 158 valence electrons. The number of rotatable bonds is 5. The minimum Gasteiger partial charge on any atom is -0.404 e. The number of hydrogen-bond donors (Lipinski definition) is 0. The highest BCUT2D eigenvalue weighted by molar-refractivity contribution is 6.07. The predicted octanol–water partition coefficient (Wildman–Crippen LogP) is 2.44. The van der Waals surface area contributed by atoms with E-state index < -0.39 is 28.7 Å². The van der Waals surface area contributed by atoms with Gasteiger partial charge in [0.05, 0.1) is 24.3 Å². The molecular formula is C21H23N3O6. The van der Waals surface area contributed by atoms with Gasteiger partial charge in [0, 0.05) is 13.1 Å². The average molecular weight is 413 g/mol. The van der Waals surface area contributed by atoms with E-state index in [0.717, 1.165) is 30.6 Å². The molecule has 1 saturated carbocycles. The number of nitrogens with zero attached hydrogens (tertiary/aromatic N) is 3. The Hall–Kier alpha value is -2.97. The lowest BCUT2D eigenvalue weighted by molar-refractivity contribution is -0.402. The van der Waals surface area contributed by atoms with Gasteiger partial charge >= 0.3 is 5.88 Å². The van der Waals surface area contributed by atoms with Crippen LogP contribution in [0.15, 0.2) is 28.7 Å². The van der Waals surface area contributed by atoms with E-state index in [9.17, 15) is 24.5 Å². The van der Waals surface area contributed by atoms with Crippen molar-refractivity contribution in [2.45, 2.75) is 38.1 Å². The highest BCUT2D eigenvalue weighted by atomic mass is 16.6. The zero-order chi connectivity index (χ0) is 21.0. The van der Waals surface area contributed by atoms with Gasteiger partial charge in [-0.25, -0.2) is 0 Å². The topological polar surface area (TPSA) is 114 Å². The highest BCUT2D eigenvalue weighted by Crippen LogP contribution is 2.54. The van der Waals surface area contributed by atoms with E-state index in [-0.39, 0.29) is 41.7 Å². The van der Waals surface area contributed by atoms with Gasteiger partial charge in [0.15, 0.2) is 0 Å². The van der Waals surface area contributed by atoms with E-state index >= 15 is 0 Å². The summed E-state index contributed by atoms with van der Waals surface area (Å²) >= 11 is 0. The lowest BCUT2D eigenvalue weighted by atomic mass is 9.85. The van der Waals surface area contributed by atoms with Crippen LogP contribution in [0.3, 0.4) is 0 Å². The quantitative estimate of drug-likeness (QED) is 0.317. The first-order valence-electron chi connectivity index (χ1n) is 10.5. The van der Waals surface area contributed by atoms with Crippen LogP contribution >= 0.6 is 0 Å². The van der Waals surface area contributed by atoms with Crippen LogP contribution in [-0.4, -0.2) is 45.5 Å². The maximum atomic E-state index is 13.3. The molecule has 5 atom stereocenters. The standard InChI is InChI=1S/C21H23N3O6/c25-16(22-8-2-1-3-9-22)11-14(15-6-7-17(30-15)24(28)29)23-20(26)18-12-4-5-13(10-12)19(18)21(23)27/h4-7,12-14,18-19H,1-3,8-11H2. The van der Waals surface area contributed by atoms with Crippen LogP contribution in [0, 0.1) is 33.8 Å². The Labute approximate surface area is 172 Å². The molecule has 3 amide bonds. The SMILES string of the molecule is O=C(CC(c1ccc([N+](=O)[O-])o1)N1C(=O)C2C3C=CC(C3)C2C1=O)N1CCCCC1. The Kier molecular flexibility index (Phi) is 4.48. The normalized spacial score (nSPS) is 30.8. The van der Waals surface area contributed by atoms with Gasteiger partial charge in [-0.05, 0) is 43.6 Å². The third kappa shape index (κ3) is 2.86. The molecule has 9 heteroatoms. The lowest BCUT2D eigenvalue weighted by Crippen LogP contribution is -2.41. The van der Waals surface area contributed by atoms with E-state index in [1.165, 1.54) is 12.1 Å². The zero-order valence-electron chi connectivity index (χ0n) is 16.4. The van der Waals surface area contributed by atoms with Crippen molar-refractivity contribution < 1.29 is 23.7 Å². The van der Waals surface area contributed by atoms with Crippen molar-refractivity contribution in [3.05, 3.63) is 40.2 Å². The molecule has 0 radical (unpaired) electrons. The number of amides is 3. The van der Waals surface area contributed by atoms with Gasteiger partial charge in [0.1, 0.15) is 16.7 Å². The second-order valence-corrected chi connectivity index (χ2v) is 8.64. The van der Waals surface area contributed by atoms with Crippen LogP contribution < -0.4 is 0 Å². The number of hydrogen-bond acceptors (Lipinski definition) is 6. The molecule has 30 heavy (non-hydrogen) atoms. The van der Waals surface area contributed by atoms with Gasteiger partial charge in [-0.3, -0.25) is 29.4 Å². The first-order valence-corrected chi connectivity index (χ1v) is 10.5. The number of carbonyl (C=O) groups is 3. The molecule has 5 unspecified atom stereocenters. The first-order chi connectivity index (χ1) is 14.5. The summed E-state index contributed by atoms with van der Waals surface area (Å²) < 4.78 is 5.36. The Morgan fingerprint density at radius 2 is 1.73 bits per heavy atom. The minimum atomic E-state index is -0.960. The van der Waals surface area contributed by atoms with Gasteiger partial charge in [-0.2, -0.15) is 0 Å². The number of piperidine rings is 1. The van der Waals surface area contributed by atoms with E-state index in [2.05, 4.69) is 0 Å². The fourth-order valence-electron chi connectivity index (χ4n) is 5.61. The van der Waals surface area contributed by atoms with E-state index in [0.29, 0.717) is 13.1 Å². The number of carbonyl (C=O) groups excluding carboxylic acids is 3. The Morgan fingerprint density at radius 3 is 2.30 bits per heavy atom. The summed E-state index contributed by atoms with van der Waals surface area (Å²) in [5.41, 5.74) is 0. The van der Waals surface area contributed by atoms with Crippen LogP contribution in [-0.2, 0) is 14.4 Å². The van der Waals surface area contributed by atoms with Crippen LogP contribution in [0.4, 0.5) is 5.88 Å². The van der Waals surface area contributed by atoms with Crippen molar-refractivity contribution in [2.75, 3.05) is 13.1 Å². The molecule has 9 nitrogen and oxygen atoms in total. The summed E-state index contributed by atoms with van der Waals surface area (Å²) in [4.78, 5) is 52.8. The average Bonchev–Trinajstić information content (AvgIpc) is 3.51. The summed E-state index contributed by atoms with van der Waals surface area (Å²) in [7, 11) is 0. The number of likely N-dealkylation sites (tertiary alicyclic amines) is 2. The molecule has 5 rings (SSSR count). The summed E-state index contributed by atoms with van der Waals surface area (Å²) in [6.45, 7) is 1.29. The van der Waals surface area contributed by atoms with Crippen molar-refractivity contribution in [1.82, 2.24) is 9.80 Å². The van der Waals surface area contributed by atoms with Gasteiger partial charge in [0.2, 0.25) is 17.7 Å². The second kappa shape index (κ2) is 7.07. The van der Waals surface area contributed by atoms with Crippen LogP contribution in [0.1, 0.15) is 43.9 Å². The Balaban J connectivity index is 1.46. The number of allylic oxidation sites excluding steroid dienone is 2. The second-order valence-electron chi connectivity index (χ2n) is 8.64. The van der Waals surface area contributed by atoms with E-state index in [4.69, 9.17) is 4.42 Å². The molecule has 0 spiro atoms. The smallest absolute Gasteiger partial charge is 0.404 e. The maximum Gasteiger partial charge on any atom is 0.433 e.